The quantitative estimate of drug-likeness (QED) is 0.498. The Morgan fingerprint density at radius 1 is 1.30 bits per heavy atom. The maximum atomic E-state index is 11.4. The summed E-state index contributed by atoms with van der Waals surface area (Å²) in [7, 11) is 0. The number of thioether (sulfide) groups is 1. The van der Waals surface area contributed by atoms with Gasteiger partial charge in [-0.1, -0.05) is 23.9 Å². The number of rotatable bonds is 5. The van der Waals surface area contributed by atoms with Crippen LogP contribution in [-0.2, 0) is 4.79 Å². The molecule has 0 atom stereocenters. The molecule has 3 rings (SSSR count). The number of para-hydroxylation sites is 2. The molecule has 0 spiro atoms. The van der Waals surface area contributed by atoms with Gasteiger partial charge in [0.15, 0.2) is 5.16 Å². The van der Waals surface area contributed by atoms with Crippen LogP contribution in [-0.4, -0.2) is 45.6 Å². The van der Waals surface area contributed by atoms with Crippen LogP contribution in [0.2, 0.25) is 0 Å². The average Bonchev–Trinajstić information content (AvgIpc) is 2.99. The molecule has 1 aliphatic heterocycles. The second-order valence-electron chi connectivity index (χ2n) is 4.47. The summed E-state index contributed by atoms with van der Waals surface area (Å²) in [6.45, 7) is 0.577. The normalized spacial score (nSPS) is 15.1. The summed E-state index contributed by atoms with van der Waals surface area (Å²) in [4.78, 5) is 31.7. The summed E-state index contributed by atoms with van der Waals surface area (Å²) < 4.78 is 0. The van der Waals surface area contributed by atoms with Gasteiger partial charge in [0.2, 0.25) is 5.91 Å². The Labute approximate surface area is 119 Å². The summed E-state index contributed by atoms with van der Waals surface area (Å²) in [6, 6.07) is 7.58. The van der Waals surface area contributed by atoms with Crippen molar-refractivity contribution in [3.63, 3.8) is 0 Å². The van der Waals surface area contributed by atoms with E-state index in [0.29, 0.717) is 6.54 Å². The molecular weight excluding hydrogens is 276 g/mol. The number of benzene rings is 1. The molecular formula is C13H14N4O2S. The van der Waals surface area contributed by atoms with Gasteiger partial charge in [-0.25, -0.2) is 9.78 Å². The first kappa shape index (κ1) is 13.0. The summed E-state index contributed by atoms with van der Waals surface area (Å²) >= 11 is 1.60. The number of carbonyl (C=O) groups excluding carboxylic acids is 2. The van der Waals surface area contributed by atoms with Gasteiger partial charge in [0, 0.05) is 12.3 Å². The Morgan fingerprint density at radius 3 is 2.90 bits per heavy atom. The van der Waals surface area contributed by atoms with Crippen molar-refractivity contribution < 1.29 is 9.59 Å². The zero-order chi connectivity index (χ0) is 13.9. The van der Waals surface area contributed by atoms with E-state index in [-0.39, 0.29) is 18.5 Å². The van der Waals surface area contributed by atoms with Crippen LogP contribution in [0.3, 0.4) is 0 Å². The van der Waals surface area contributed by atoms with Crippen molar-refractivity contribution in [1.29, 1.82) is 0 Å². The van der Waals surface area contributed by atoms with Gasteiger partial charge in [0.05, 0.1) is 17.6 Å². The molecule has 0 bridgehead atoms. The van der Waals surface area contributed by atoms with E-state index in [4.69, 9.17) is 0 Å². The van der Waals surface area contributed by atoms with E-state index in [1.165, 1.54) is 4.90 Å². The van der Waals surface area contributed by atoms with Crippen molar-refractivity contribution in [2.75, 3.05) is 18.8 Å². The SMILES string of the molecule is O=C1CNC(=O)N1CCCSc1nc2ccccc2[nH]1. The molecule has 3 amide bonds. The number of aromatic nitrogens is 2. The molecule has 0 saturated carbocycles. The van der Waals surface area contributed by atoms with E-state index in [1.54, 1.807) is 11.8 Å². The van der Waals surface area contributed by atoms with Crippen molar-refractivity contribution in [2.45, 2.75) is 11.6 Å². The molecule has 7 heteroatoms. The van der Waals surface area contributed by atoms with Crippen LogP contribution in [0.5, 0.6) is 0 Å². The highest BCUT2D eigenvalue weighted by Gasteiger charge is 2.27. The number of carbonyl (C=O) groups is 2. The van der Waals surface area contributed by atoms with Crippen molar-refractivity contribution in [3.05, 3.63) is 24.3 Å². The van der Waals surface area contributed by atoms with Crippen molar-refractivity contribution in [3.8, 4) is 0 Å². The van der Waals surface area contributed by atoms with Gasteiger partial charge >= 0.3 is 6.03 Å². The maximum Gasteiger partial charge on any atom is 0.324 e. The molecule has 2 aromatic rings. The Kier molecular flexibility index (Phi) is 3.60. The van der Waals surface area contributed by atoms with Gasteiger partial charge in [-0.2, -0.15) is 0 Å². The monoisotopic (exact) mass is 290 g/mol. The number of amides is 3. The predicted molar refractivity (Wildman–Crippen MR) is 76.5 cm³/mol. The van der Waals surface area contributed by atoms with Crippen LogP contribution in [0, 0.1) is 0 Å². The van der Waals surface area contributed by atoms with Gasteiger partial charge < -0.3 is 10.3 Å². The zero-order valence-corrected chi connectivity index (χ0v) is 11.6. The molecule has 0 aliphatic carbocycles. The highest BCUT2D eigenvalue weighted by molar-refractivity contribution is 7.99. The fraction of sp³-hybridized carbons (Fsp3) is 0.308. The molecule has 2 heterocycles. The van der Waals surface area contributed by atoms with E-state index in [1.807, 2.05) is 24.3 Å². The molecule has 1 aromatic heterocycles. The Morgan fingerprint density at radius 2 is 2.15 bits per heavy atom. The number of nitrogens with one attached hydrogen (secondary N) is 2. The van der Waals surface area contributed by atoms with Crippen molar-refractivity contribution in [2.24, 2.45) is 0 Å². The number of urea groups is 1. The molecule has 2 N–H and O–H groups in total. The highest BCUT2D eigenvalue weighted by Crippen LogP contribution is 2.19. The first-order valence-corrected chi connectivity index (χ1v) is 7.38. The third kappa shape index (κ3) is 2.62. The van der Waals surface area contributed by atoms with E-state index in [0.717, 1.165) is 28.4 Å². The zero-order valence-electron chi connectivity index (χ0n) is 10.8. The van der Waals surface area contributed by atoms with E-state index in [2.05, 4.69) is 15.3 Å². The number of imide groups is 1. The van der Waals surface area contributed by atoms with Gasteiger partial charge in [-0.05, 0) is 18.6 Å². The highest BCUT2D eigenvalue weighted by atomic mass is 32.2. The van der Waals surface area contributed by atoms with E-state index >= 15 is 0 Å². The number of aromatic amines is 1. The lowest BCUT2D eigenvalue weighted by Gasteiger charge is -2.10. The maximum absolute atomic E-state index is 11.4. The minimum absolute atomic E-state index is 0.121. The fourth-order valence-corrected chi connectivity index (χ4v) is 2.88. The fourth-order valence-electron chi connectivity index (χ4n) is 2.07. The van der Waals surface area contributed by atoms with Crippen LogP contribution in [0.25, 0.3) is 11.0 Å². The van der Waals surface area contributed by atoms with E-state index in [9.17, 15) is 9.59 Å². The summed E-state index contributed by atoms with van der Waals surface area (Å²) in [6.07, 6.45) is 0.751. The molecule has 20 heavy (non-hydrogen) atoms. The molecule has 1 aromatic carbocycles. The molecule has 0 unspecified atom stereocenters. The first-order valence-electron chi connectivity index (χ1n) is 6.40. The van der Waals surface area contributed by atoms with E-state index < -0.39 is 0 Å². The molecule has 1 saturated heterocycles. The smallest absolute Gasteiger partial charge is 0.324 e. The predicted octanol–water partition coefficient (Wildman–Crippen LogP) is 1.60. The van der Waals surface area contributed by atoms with Crippen LogP contribution in [0.4, 0.5) is 4.79 Å². The molecule has 0 radical (unpaired) electrons. The Balaban J connectivity index is 1.50. The van der Waals surface area contributed by atoms with Crippen LogP contribution >= 0.6 is 11.8 Å². The second-order valence-corrected chi connectivity index (χ2v) is 5.55. The average molecular weight is 290 g/mol. The third-order valence-corrected chi connectivity index (χ3v) is 4.03. The first-order chi connectivity index (χ1) is 9.74. The molecule has 1 aliphatic rings. The number of hydrogen-bond acceptors (Lipinski definition) is 4. The van der Waals surface area contributed by atoms with Gasteiger partial charge in [0.1, 0.15) is 0 Å². The number of imidazole rings is 1. The number of hydrogen-bond donors (Lipinski definition) is 2. The lowest BCUT2D eigenvalue weighted by molar-refractivity contribution is -0.124. The second kappa shape index (κ2) is 5.54. The van der Waals surface area contributed by atoms with Gasteiger partial charge in [0.25, 0.3) is 0 Å². The lowest BCUT2D eigenvalue weighted by Crippen LogP contribution is -2.32. The lowest BCUT2D eigenvalue weighted by atomic mass is 10.3. The van der Waals surface area contributed by atoms with Gasteiger partial charge in [-0.15, -0.1) is 0 Å². The Bertz CT molecular complexity index is 606. The number of H-pyrrole nitrogens is 1. The topological polar surface area (TPSA) is 78.1 Å². The molecule has 6 nitrogen and oxygen atoms in total. The number of nitrogens with zero attached hydrogens (tertiary/aromatic N) is 2. The van der Waals surface area contributed by atoms with Crippen LogP contribution in [0.15, 0.2) is 29.4 Å². The summed E-state index contributed by atoms with van der Waals surface area (Å²) in [5.41, 5.74) is 1.97. The minimum atomic E-state index is -0.288. The van der Waals surface area contributed by atoms with Gasteiger partial charge in [-0.3, -0.25) is 9.69 Å². The Hall–Kier alpha value is -2.02. The van der Waals surface area contributed by atoms with Crippen LogP contribution in [0.1, 0.15) is 6.42 Å². The van der Waals surface area contributed by atoms with Crippen molar-refractivity contribution >= 4 is 34.7 Å². The summed E-state index contributed by atoms with van der Waals surface area (Å²) in [5, 5.41) is 3.37. The summed E-state index contributed by atoms with van der Waals surface area (Å²) in [5.74, 6) is 0.653. The largest absolute Gasteiger partial charge is 0.333 e. The number of fused-ring (bicyclic) bond motifs is 1. The standard InChI is InChI=1S/C13H14N4O2S/c18-11-8-14-13(19)17(11)6-3-7-20-12-15-9-4-1-2-5-10(9)16-12/h1-2,4-5H,3,6-8H2,(H,14,19)(H,15,16). The molecule has 1 fully saturated rings. The van der Waals surface area contributed by atoms with Crippen LogP contribution < -0.4 is 5.32 Å². The molecule has 104 valence electrons. The van der Waals surface area contributed by atoms with Crippen molar-refractivity contribution in [1.82, 2.24) is 20.2 Å². The third-order valence-electron chi connectivity index (χ3n) is 3.07. The minimum Gasteiger partial charge on any atom is -0.333 e.